The number of anilines is 1. The molecule has 1 heterocycles. The van der Waals surface area contributed by atoms with Crippen molar-refractivity contribution >= 4 is 17.3 Å². The van der Waals surface area contributed by atoms with E-state index in [0.29, 0.717) is 5.56 Å². The van der Waals surface area contributed by atoms with E-state index in [1.807, 2.05) is 6.07 Å². The van der Waals surface area contributed by atoms with Crippen LogP contribution in [-0.4, -0.2) is 4.98 Å². The molecule has 0 fully saturated rings. The molecule has 0 saturated carbocycles. The van der Waals surface area contributed by atoms with E-state index >= 15 is 0 Å². The van der Waals surface area contributed by atoms with E-state index in [1.165, 1.54) is 6.07 Å². The van der Waals surface area contributed by atoms with Gasteiger partial charge >= 0.3 is 0 Å². The molecule has 0 aliphatic carbocycles. The second-order valence-corrected chi connectivity index (χ2v) is 3.11. The highest BCUT2D eigenvalue weighted by molar-refractivity contribution is 6.17. The molecule has 0 aliphatic heterocycles. The Morgan fingerprint density at radius 2 is 2.27 bits per heavy atom. The van der Waals surface area contributed by atoms with Crippen LogP contribution < -0.4 is 5.73 Å². The van der Waals surface area contributed by atoms with Gasteiger partial charge in [0, 0.05) is 0 Å². The molecule has 0 unspecified atom stereocenters. The topological polar surface area (TPSA) is 62.7 Å². The summed E-state index contributed by atoms with van der Waals surface area (Å²) in [5, 5.41) is 8.50. The van der Waals surface area contributed by atoms with Crippen molar-refractivity contribution in [1.82, 2.24) is 4.98 Å². The minimum Gasteiger partial charge on any atom is -0.397 e. The van der Waals surface area contributed by atoms with E-state index in [1.54, 1.807) is 0 Å². The summed E-state index contributed by atoms with van der Waals surface area (Å²) in [6, 6.07) is 3.22. The Labute approximate surface area is 90.5 Å². The van der Waals surface area contributed by atoms with E-state index in [-0.39, 0.29) is 23.7 Å². The molecule has 1 aromatic rings. The number of hydrogen-bond donors (Lipinski definition) is 1. The summed E-state index contributed by atoms with van der Waals surface area (Å²) in [7, 11) is 0. The molecule has 6 heteroatoms. The lowest BCUT2D eigenvalue weighted by Crippen LogP contribution is -2.05. The largest absolute Gasteiger partial charge is 0.397 e. The molecule has 0 amide bonds. The fourth-order valence-electron chi connectivity index (χ4n) is 1.16. The van der Waals surface area contributed by atoms with Crippen LogP contribution in [0.1, 0.15) is 23.4 Å². The molecule has 0 spiro atoms. The Morgan fingerprint density at radius 3 is 2.73 bits per heavy atom. The van der Waals surface area contributed by atoms with Crippen LogP contribution in [0.2, 0.25) is 0 Å². The van der Waals surface area contributed by atoms with E-state index < -0.39 is 12.1 Å². The average Bonchev–Trinajstić information content (AvgIpc) is 2.18. The second kappa shape index (κ2) is 4.89. The standard InChI is InChI=1S/C9H8ClF2N3/c10-4-7-5(1-2-13)3-6(14)8(15-7)9(11)12/h3,9H,1,4,14H2. The van der Waals surface area contributed by atoms with Gasteiger partial charge in [-0.1, -0.05) is 0 Å². The third-order valence-electron chi connectivity index (χ3n) is 1.85. The van der Waals surface area contributed by atoms with Gasteiger partial charge in [-0.15, -0.1) is 11.6 Å². The predicted molar refractivity (Wildman–Crippen MR) is 52.5 cm³/mol. The maximum Gasteiger partial charge on any atom is 0.282 e. The number of nitrogens with zero attached hydrogens (tertiary/aromatic N) is 2. The zero-order valence-corrected chi connectivity index (χ0v) is 8.43. The van der Waals surface area contributed by atoms with Crippen molar-refractivity contribution in [2.45, 2.75) is 18.7 Å². The fourth-order valence-corrected chi connectivity index (χ4v) is 1.39. The van der Waals surface area contributed by atoms with Crippen LogP contribution in [0, 0.1) is 11.3 Å². The molecule has 15 heavy (non-hydrogen) atoms. The molecule has 3 nitrogen and oxygen atoms in total. The Morgan fingerprint density at radius 1 is 1.60 bits per heavy atom. The molecule has 1 aromatic heterocycles. The minimum atomic E-state index is -2.73. The molecule has 2 N–H and O–H groups in total. The summed E-state index contributed by atoms with van der Waals surface area (Å²) < 4.78 is 24.8. The first-order valence-electron chi connectivity index (χ1n) is 4.09. The van der Waals surface area contributed by atoms with Gasteiger partial charge in [0.15, 0.2) is 0 Å². The maximum atomic E-state index is 12.4. The van der Waals surface area contributed by atoms with Crippen molar-refractivity contribution in [2.24, 2.45) is 0 Å². The van der Waals surface area contributed by atoms with Gasteiger partial charge in [0.25, 0.3) is 6.43 Å². The van der Waals surface area contributed by atoms with E-state index in [4.69, 9.17) is 22.6 Å². The first kappa shape index (κ1) is 11.7. The highest BCUT2D eigenvalue weighted by atomic mass is 35.5. The SMILES string of the molecule is N#CCc1cc(N)c(C(F)F)nc1CCl. The van der Waals surface area contributed by atoms with Crippen LogP contribution in [-0.2, 0) is 12.3 Å². The zero-order valence-electron chi connectivity index (χ0n) is 7.67. The molecule has 1 rings (SSSR count). The highest BCUT2D eigenvalue weighted by Crippen LogP contribution is 2.25. The summed E-state index contributed by atoms with van der Waals surface area (Å²) in [6.45, 7) is 0. The lowest BCUT2D eigenvalue weighted by molar-refractivity contribution is 0.147. The summed E-state index contributed by atoms with van der Waals surface area (Å²) in [6.07, 6.45) is -2.67. The van der Waals surface area contributed by atoms with E-state index in [0.717, 1.165) is 0 Å². The molecule has 0 aliphatic rings. The second-order valence-electron chi connectivity index (χ2n) is 2.84. The molecule has 0 aromatic carbocycles. The fraction of sp³-hybridized carbons (Fsp3) is 0.333. The summed E-state index contributed by atoms with van der Waals surface area (Å²) >= 11 is 5.54. The Bertz CT molecular complexity index is 401. The van der Waals surface area contributed by atoms with Gasteiger partial charge in [-0.05, 0) is 11.6 Å². The quantitative estimate of drug-likeness (QED) is 0.813. The first-order chi connectivity index (χ1) is 7.10. The monoisotopic (exact) mass is 231 g/mol. The van der Waals surface area contributed by atoms with Crippen LogP contribution in [0.3, 0.4) is 0 Å². The van der Waals surface area contributed by atoms with Crippen LogP contribution in [0.15, 0.2) is 6.07 Å². The smallest absolute Gasteiger partial charge is 0.282 e. The van der Waals surface area contributed by atoms with Crippen molar-refractivity contribution in [3.63, 3.8) is 0 Å². The first-order valence-corrected chi connectivity index (χ1v) is 4.62. The van der Waals surface area contributed by atoms with Crippen molar-refractivity contribution in [3.05, 3.63) is 23.0 Å². The number of nitriles is 1. The normalized spacial score (nSPS) is 10.3. The highest BCUT2D eigenvalue weighted by Gasteiger charge is 2.16. The molecule has 0 atom stereocenters. The van der Waals surface area contributed by atoms with Crippen molar-refractivity contribution in [3.8, 4) is 6.07 Å². The summed E-state index contributed by atoms with van der Waals surface area (Å²) in [5.41, 5.74) is 5.57. The molecular weight excluding hydrogens is 224 g/mol. The van der Waals surface area contributed by atoms with Crippen molar-refractivity contribution in [1.29, 1.82) is 5.26 Å². The van der Waals surface area contributed by atoms with Gasteiger partial charge in [0.05, 0.1) is 29.8 Å². The van der Waals surface area contributed by atoms with E-state index in [2.05, 4.69) is 4.98 Å². The van der Waals surface area contributed by atoms with Crippen molar-refractivity contribution < 1.29 is 8.78 Å². The van der Waals surface area contributed by atoms with Gasteiger partial charge in [0.1, 0.15) is 5.69 Å². The van der Waals surface area contributed by atoms with Crippen LogP contribution in [0.25, 0.3) is 0 Å². The number of pyridine rings is 1. The Hall–Kier alpha value is -1.41. The number of rotatable bonds is 3. The molecular formula is C9H8ClF2N3. The summed E-state index contributed by atoms with van der Waals surface area (Å²) in [4.78, 5) is 3.65. The molecule has 0 bridgehead atoms. The van der Waals surface area contributed by atoms with E-state index in [9.17, 15) is 8.78 Å². The van der Waals surface area contributed by atoms with Gasteiger partial charge in [-0.25, -0.2) is 13.8 Å². The van der Waals surface area contributed by atoms with Gasteiger partial charge in [0.2, 0.25) is 0 Å². The summed E-state index contributed by atoms with van der Waals surface area (Å²) in [5.74, 6) is -0.0169. The average molecular weight is 232 g/mol. The zero-order chi connectivity index (χ0) is 11.4. The number of nitrogens with two attached hydrogens (primary N) is 1. The Kier molecular flexibility index (Phi) is 3.81. The van der Waals surface area contributed by atoms with Crippen molar-refractivity contribution in [2.75, 3.05) is 5.73 Å². The molecule has 0 radical (unpaired) electrons. The minimum absolute atomic E-state index is 0.0169. The maximum absolute atomic E-state index is 12.4. The van der Waals surface area contributed by atoms with Crippen LogP contribution in [0.5, 0.6) is 0 Å². The number of hydrogen-bond acceptors (Lipinski definition) is 3. The number of nitrogen functional groups attached to an aromatic ring is 1. The van der Waals surface area contributed by atoms with Gasteiger partial charge in [-0.3, -0.25) is 0 Å². The van der Waals surface area contributed by atoms with Crippen LogP contribution in [0.4, 0.5) is 14.5 Å². The molecule has 80 valence electrons. The van der Waals surface area contributed by atoms with Crippen LogP contribution >= 0.6 is 11.6 Å². The third kappa shape index (κ3) is 2.54. The number of halogens is 3. The number of alkyl halides is 3. The van der Waals surface area contributed by atoms with Gasteiger partial charge < -0.3 is 5.73 Å². The van der Waals surface area contributed by atoms with Gasteiger partial charge in [-0.2, -0.15) is 5.26 Å². The Balaban J connectivity index is 3.24. The molecule has 0 saturated heterocycles. The third-order valence-corrected chi connectivity index (χ3v) is 2.11. The lowest BCUT2D eigenvalue weighted by Gasteiger charge is -2.09. The lowest BCUT2D eigenvalue weighted by atomic mass is 10.1. The predicted octanol–water partition coefficient (Wildman–Crippen LogP) is 2.41. The number of aromatic nitrogens is 1.